The Morgan fingerprint density at radius 3 is 2.68 bits per heavy atom. The number of aromatic nitrogens is 2. The first kappa shape index (κ1) is 17.1. The molecule has 2 aromatic rings. The molecule has 1 saturated heterocycles. The molecule has 1 aliphatic rings. The molecule has 134 valence electrons. The van der Waals surface area contributed by atoms with E-state index in [1.54, 1.807) is 19.6 Å². The van der Waals surface area contributed by atoms with Crippen molar-refractivity contribution < 1.29 is 9.53 Å². The van der Waals surface area contributed by atoms with Gasteiger partial charge in [-0.2, -0.15) is 0 Å². The summed E-state index contributed by atoms with van der Waals surface area (Å²) in [5, 5.41) is 5.97. The van der Waals surface area contributed by atoms with E-state index in [0.29, 0.717) is 6.54 Å². The van der Waals surface area contributed by atoms with Gasteiger partial charge in [0.25, 0.3) is 0 Å². The average Bonchev–Trinajstić information content (AvgIpc) is 3.16. The number of rotatable bonds is 6. The molecule has 0 atom stereocenters. The van der Waals surface area contributed by atoms with Gasteiger partial charge in [-0.3, -0.25) is 0 Å². The van der Waals surface area contributed by atoms with Gasteiger partial charge in [-0.25, -0.2) is 9.78 Å². The molecular weight excluding hydrogens is 318 g/mol. The molecule has 25 heavy (non-hydrogen) atoms. The van der Waals surface area contributed by atoms with Crippen LogP contribution in [0.1, 0.15) is 12.8 Å². The molecule has 2 heterocycles. The van der Waals surface area contributed by atoms with Crippen LogP contribution >= 0.6 is 0 Å². The fourth-order valence-corrected chi connectivity index (χ4v) is 3.03. The number of piperidine rings is 1. The lowest BCUT2D eigenvalue weighted by Crippen LogP contribution is -2.48. The normalized spacial score (nSPS) is 15.0. The summed E-state index contributed by atoms with van der Waals surface area (Å²) in [6, 6.07) is 8.25. The van der Waals surface area contributed by atoms with Gasteiger partial charge in [0.15, 0.2) is 0 Å². The van der Waals surface area contributed by atoms with Crippen molar-refractivity contribution in [2.45, 2.75) is 25.4 Å². The van der Waals surface area contributed by atoms with Crippen LogP contribution in [0.3, 0.4) is 0 Å². The Kier molecular flexibility index (Phi) is 5.77. The number of hydrogen-bond acceptors (Lipinski definition) is 4. The van der Waals surface area contributed by atoms with Crippen LogP contribution < -0.4 is 20.3 Å². The van der Waals surface area contributed by atoms with Gasteiger partial charge in [-0.05, 0) is 37.1 Å². The maximum Gasteiger partial charge on any atom is 0.315 e. The fourth-order valence-electron chi connectivity index (χ4n) is 3.03. The quantitative estimate of drug-likeness (QED) is 0.840. The number of benzene rings is 1. The summed E-state index contributed by atoms with van der Waals surface area (Å²) in [6.45, 7) is 3.19. The molecule has 1 aromatic carbocycles. The highest BCUT2D eigenvalue weighted by Crippen LogP contribution is 2.22. The Balaban J connectivity index is 1.37. The van der Waals surface area contributed by atoms with E-state index in [1.807, 2.05) is 22.9 Å². The molecule has 7 nitrogen and oxygen atoms in total. The smallest absolute Gasteiger partial charge is 0.315 e. The van der Waals surface area contributed by atoms with Gasteiger partial charge in [0.2, 0.25) is 0 Å². The summed E-state index contributed by atoms with van der Waals surface area (Å²) in [5.41, 5.74) is 1.20. The number of imidazole rings is 1. The number of anilines is 1. The highest BCUT2D eigenvalue weighted by Gasteiger charge is 2.20. The van der Waals surface area contributed by atoms with Gasteiger partial charge in [-0.15, -0.1) is 0 Å². The van der Waals surface area contributed by atoms with Gasteiger partial charge < -0.3 is 24.8 Å². The molecule has 0 aliphatic carbocycles. The number of carbonyl (C=O) groups is 1. The molecule has 2 amide bonds. The van der Waals surface area contributed by atoms with Crippen LogP contribution in [0.4, 0.5) is 10.5 Å². The first-order valence-corrected chi connectivity index (χ1v) is 8.64. The number of urea groups is 1. The van der Waals surface area contributed by atoms with Crippen molar-refractivity contribution in [2.75, 3.05) is 31.6 Å². The van der Waals surface area contributed by atoms with E-state index in [1.165, 1.54) is 5.69 Å². The topological polar surface area (TPSA) is 71.4 Å². The largest absolute Gasteiger partial charge is 0.497 e. The summed E-state index contributed by atoms with van der Waals surface area (Å²) in [5.74, 6) is 0.868. The Hall–Kier alpha value is -2.70. The number of ether oxygens (including phenoxy) is 1. The molecule has 0 unspecified atom stereocenters. The Morgan fingerprint density at radius 1 is 1.28 bits per heavy atom. The first-order chi connectivity index (χ1) is 12.2. The standard InChI is InChI=1S/C18H25N5O2/c1-25-17-4-2-16(3-5-17)23-10-6-15(7-11-23)21-18(24)20-9-13-22-12-8-19-14-22/h2-5,8,12,14-15H,6-7,9-11,13H2,1H3,(H2,20,21,24). The average molecular weight is 343 g/mol. The third-order valence-corrected chi connectivity index (χ3v) is 4.48. The maximum atomic E-state index is 12.0. The van der Waals surface area contributed by atoms with Crippen molar-refractivity contribution in [1.82, 2.24) is 20.2 Å². The molecular formula is C18H25N5O2. The summed E-state index contributed by atoms with van der Waals surface area (Å²) in [4.78, 5) is 18.3. The third-order valence-electron chi connectivity index (χ3n) is 4.48. The summed E-state index contributed by atoms with van der Waals surface area (Å²) in [6.07, 6.45) is 7.25. The first-order valence-electron chi connectivity index (χ1n) is 8.64. The minimum atomic E-state index is -0.0944. The number of hydrogen-bond donors (Lipinski definition) is 2. The molecule has 1 aromatic heterocycles. The van der Waals surface area contributed by atoms with Gasteiger partial charge in [0.1, 0.15) is 5.75 Å². The van der Waals surface area contributed by atoms with Crippen LogP contribution in [0, 0.1) is 0 Å². The van der Waals surface area contributed by atoms with E-state index in [9.17, 15) is 4.79 Å². The zero-order chi connectivity index (χ0) is 17.5. The molecule has 3 rings (SSSR count). The number of amides is 2. The van der Waals surface area contributed by atoms with Crippen molar-refractivity contribution in [3.05, 3.63) is 43.0 Å². The predicted octanol–water partition coefficient (Wildman–Crippen LogP) is 1.86. The lowest BCUT2D eigenvalue weighted by Gasteiger charge is -2.34. The van der Waals surface area contributed by atoms with Crippen LogP contribution in [0.2, 0.25) is 0 Å². The molecule has 1 fully saturated rings. The SMILES string of the molecule is COc1ccc(N2CCC(NC(=O)NCCn3ccnc3)CC2)cc1. The van der Waals surface area contributed by atoms with Crippen molar-refractivity contribution >= 4 is 11.7 Å². The van der Waals surface area contributed by atoms with E-state index in [-0.39, 0.29) is 12.1 Å². The van der Waals surface area contributed by atoms with E-state index in [4.69, 9.17) is 4.74 Å². The lowest BCUT2D eigenvalue weighted by atomic mass is 10.0. The monoisotopic (exact) mass is 343 g/mol. The van der Waals surface area contributed by atoms with Crippen molar-refractivity contribution in [3.8, 4) is 5.75 Å². The third kappa shape index (κ3) is 4.89. The van der Waals surface area contributed by atoms with Crippen molar-refractivity contribution in [2.24, 2.45) is 0 Å². The second-order valence-corrected chi connectivity index (χ2v) is 6.16. The minimum Gasteiger partial charge on any atom is -0.497 e. The molecule has 0 spiro atoms. The van der Waals surface area contributed by atoms with Gasteiger partial charge >= 0.3 is 6.03 Å². The van der Waals surface area contributed by atoms with Crippen LogP contribution in [-0.2, 0) is 6.54 Å². The Bertz CT molecular complexity index is 649. The predicted molar refractivity (Wildman–Crippen MR) is 97.0 cm³/mol. The fraction of sp³-hybridized carbons (Fsp3) is 0.444. The highest BCUT2D eigenvalue weighted by atomic mass is 16.5. The maximum absolute atomic E-state index is 12.0. The second-order valence-electron chi connectivity index (χ2n) is 6.16. The minimum absolute atomic E-state index is 0.0944. The number of carbonyl (C=O) groups excluding carboxylic acids is 1. The van der Waals surface area contributed by atoms with Crippen LogP contribution in [0.15, 0.2) is 43.0 Å². The number of nitrogens with zero attached hydrogens (tertiary/aromatic N) is 3. The van der Waals surface area contributed by atoms with Crippen LogP contribution in [0.25, 0.3) is 0 Å². The molecule has 0 bridgehead atoms. The zero-order valence-corrected chi connectivity index (χ0v) is 14.5. The molecule has 0 radical (unpaired) electrons. The van der Waals surface area contributed by atoms with Crippen LogP contribution in [-0.4, -0.2) is 48.4 Å². The van der Waals surface area contributed by atoms with Gasteiger partial charge in [0, 0.05) is 50.3 Å². The van der Waals surface area contributed by atoms with E-state index in [2.05, 4.69) is 32.7 Å². The van der Waals surface area contributed by atoms with E-state index < -0.39 is 0 Å². The van der Waals surface area contributed by atoms with Crippen LogP contribution in [0.5, 0.6) is 5.75 Å². The number of methoxy groups -OCH3 is 1. The molecule has 1 aliphatic heterocycles. The van der Waals surface area contributed by atoms with Crippen molar-refractivity contribution in [1.29, 1.82) is 0 Å². The number of nitrogens with one attached hydrogen (secondary N) is 2. The summed E-state index contributed by atoms with van der Waals surface area (Å²) >= 11 is 0. The van der Waals surface area contributed by atoms with E-state index in [0.717, 1.165) is 38.2 Å². The van der Waals surface area contributed by atoms with Crippen molar-refractivity contribution in [3.63, 3.8) is 0 Å². The Morgan fingerprint density at radius 2 is 2.04 bits per heavy atom. The lowest BCUT2D eigenvalue weighted by molar-refractivity contribution is 0.234. The highest BCUT2D eigenvalue weighted by molar-refractivity contribution is 5.74. The summed E-state index contributed by atoms with van der Waals surface area (Å²) in [7, 11) is 1.67. The Labute approximate surface area is 148 Å². The zero-order valence-electron chi connectivity index (χ0n) is 14.5. The van der Waals surface area contributed by atoms with E-state index >= 15 is 0 Å². The molecule has 7 heteroatoms. The van der Waals surface area contributed by atoms with Gasteiger partial charge in [-0.1, -0.05) is 0 Å². The molecule has 2 N–H and O–H groups in total. The molecule has 0 saturated carbocycles. The summed E-state index contributed by atoms with van der Waals surface area (Å²) < 4.78 is 7.13. The van der Waals surface area contributed by atoms with Gasteiger partial charge in [0.05, 0.1) is 13.4 Å². The second kappa shape index (κ2) is 8.41.